The van der Waals surface area contributed by atoms with Crippen LogP contribution < -0.4 is 20.1 Å². The summed E-state index contributed by atoms with van der Waals surface area (Å²) < 4.78 is 13.3. The van der Waals surface area contributed by atoms with E-state index in [2.05, 4.69) is 15.6 Å². The van der Waals surface area contributed by atoms with Crippen LogP contribution in [0, 0.1) is 0 Å². The van der Waals surface area contributed by atoms with E-state index in [0.717, 1.165) is 36.9 Å². The number of carbonyl (C=O) groups excluding carboxylic acids is 1. The summed E-state index contributed by atoms with van der Waals surface area (Å²) in [5, 5.41) is 26.9. The maximum atomic E-state index is 12.1. The number of nitrogens with zero attached hydrogens (tertiary/aromatic N) is 5. The van der Waals surface area contributed by atoms with Crippen LogP contribution in [0.15, 0.2) is 61.1 Å². The fourth-order valence-corrected chi connectivity index (χ4v) is 7.86. The predicted molar refractivity (Wildman–Crippen MR) is 205 cm³/mol. The van der Waals surface area contributed by atoms with Gasteiger partial charge in [0.2, 0.25) is 11.8 Å². The molecule has 7 rings (SSSR count). The number of aliphatic hydroxyl groups is 1. The SMILES string of the molecule is COc1nc(-c2cccc(-c3ccnc(-c4cc(OC)c5nc(CNC6CCC(O)CC6)cn5c4)c3Cl)c2Cl)ccc1CN(CC1CCC(=O)N1)C(=O)O. The monoisotopic (exact) mass is 773 g/mol. The number of carbonyl (C=O) groups is 2. The number of imidazole rings is 1. The van der Waals surface area contributed by atoms with Gasteiger partial charge in [-0.25, -0.2) is 14.8 Å². The summed E-state index contributed by atoms with van der Waals surface area (Å²) in [6.45, 7) is 0.778. The number of methoxy groups -OCH3 is 2. The zero-order chi connectivity index (χ0) is 37.9. The Morgan fingerprint density at radius 3 is 2.50 bits per heavy atom. The van der Waals surface area contributed by atoms with Gasteiger partial charge in [-0.3, -0.25) is 9.78 Å². The molecule has 2 aliphatic rings. The average molecular weight is 775 g/mol. The normalized spacial score (nSPS) is 18.5. The molecule has 0 bridgehead atoms. The van der Waals surface area contributed by atoms with Crippen molar-refractivity contribution in [3.05, 3.63) is 82.4 Å². The van der Waals surface area contributed by atoms with Crippen LogP contribution in [0.2, 0.25) is 10.0 Å². The Kier molecular flexibility index (Phi) is 11.2. The molecule has 1 atom stereocenters. The van der Waals surface area contributed by atoms with Crippen LogP contribution in [-0.2, 0) is 17.9 Å². The Morgan fingerprint density at radius 1 is 1.00 bits per heavy atom. The van der Waals surface area contributed by atoms with Crippen molar-refractivity contribution in [2.75, 3.05) is 20.8 Å². The Morgan fingerprint density at radius 2 is 1.78 bits per heavy atom. The van der Waals surface area contributed by atoms with E-state index in [1.165, 1.54) is 12.0 Å². The number of fused-ring (bicyclic) bond motifs is 1. The van der Waals surface area contributed by atoms with Gasteiger partial charge in [-0.05, 0) is 56.4 Å². The van der Waals surface area contributed by atoms with Gasteiger partial charge in [-0.15, -0.1) is 0 Å². The number of pyridine rings is 3. The molecule has 2 fully saturated rings. The molecule has 15 heteroatoms. The number of rotatable bonds is 12. The Balaban J connectivity index is 1.15. The number of aromatic nitrogens is 4. The number of nitrogens with one attached hydrogen (secondary N) is 2. The summed E-state index contributed by atoms with van der Waals surface area (Å²) in [5.74, 6) is 0.754. The van der Waals surface area contributed by atoms with Crippen LogP contribution in [0.25, 0.3) is 39.3 Å². The highest BCUT2D eigenvalue weighted by molar-refractivity contribution is 6.39. The van der Waals surface area contributed by atoms with Crippen molar-refractivity contribution in [3.63, 3.8) is 0 Å². The molecule has 1 saturated heterocycles. The number of halogens is 2. The lowest BCUT2D eigenvalue weighted by Gasteiger charge is -2.25. The number of hydrogen-bond acceptors (Lipinski definition) is 9. The molecule has 5 aromatic rings. The van der Waals surface area contributed by atoms with E-state index in [0.29, 0.717) is 80.5 Å². The molecule has 4 N–H and O–H groups in total. The van der Waals surface area contributed by atoms with Crippen LogP contribution in [-0.4, -0.2) is 85.4 Å². The van der Waals surface area contributed by atoms with E-state index in [4.69, 9.17) is 42.6 Å². The van der Waals surface area contributed by atoms with Gasteiger partial charge in [0.15, 0.2) is 11.4 Å². The number of aliphatic hydroxyl groups excluding tert-OH is 1. The van der Waals surface area contributed by atoms with E-state index in [9.17, 15) is 19.8 Å². The number of carboxylic acid groups (broad SMARTS) is 1. The zero-order valence-electron chi connectivity index (χ0n) is 29.9. The Labute approximate surface area is 322 Å². The van der Waals surface area contributed by atoms with Gasteiger partial charge < -0.3 is 39.6 Å². The Bertz CT molecular complexity index is 2190. The highest BCUT2D eigenvalue weighted by Crippen LogP contribution is 2.42. The molecule has 0 spiro atoms. The minimum Gasteiger partial charge on any atom is -0.493 e. The van der Waals surface area contributed by atoms with Crippen molar-refractivity contribution in [1.82, 2.24) is 34.9 Å². The van der Waals surface area contributed by atoms with E-state index in [1.807, 2.05) is 47.1 Å². The van der Waals surface area contributed by atoms with Gasteiger partial charge in [-0.2, -0.15) is 0 Å². The van der Waals surface area contributed by atoms with Crippen molar-refractivity contribution >= 4 is 40.8 Å². The minimum absolute atomic E-state index is 0.0292. The molecule has 1 aliphatic carbocycles. The Hall–Kier alpha value is -4.95. The van der Waals surface area contributed by atoms with Crippen LogP contribution in [0.1, 0.15) is 49.8 Å². The van der Waals surface area contributed by atoms with Gasteiger partial charge in [0.1, 0.15) is 0 Å². The number of benzene rings is 1. The molecule has 13 nitrogen and oxygen atoms in total. The third kappa shape index (κ3) is 7.95. The first-order chi connectivity index (χ1) is 26.1. The van der Waals surface area contributed by atoms with Crippen molar-refractivity contribution in [3.8, 4) is 45.3 Å². The summed E-state index contributed by atoms with van der Waals surface area (Å²) in [6.07, 6.45) is 8.70. The minimum atomic E-state index is -1.11. The number of hydrogen-bond donors (Lipinski definition) is 4. The molecule has 5 heterocycles. The van der Waals surface area contributed by atoms with Gasteiger partial charge in [-0.1, -0.05) is 41.4 Å². The second-order valence-electron chi connectivity index (χ2n) is 13.7. The fraction of sp³-hybridized carbons (Fsp3) is 0.359. The van der Waals surface area contributed by atoms with E-state index in [-0.39, 0.29) is 37.0 Å². The van der Waals surface area contributed by atoms with Crippen LogP contribution in [0.5, 0.6) is 11.6 Å². The van der Waals surface area contributed by atoms with Gasteiger partial charge in [0.05, 0.1) is 54.0 Å². The first-order valence-corrected chi connectivity index (χ1v) is 18.6. The molecule has 1 aliphatic heterocycles. The molecular weight excluding hydrogens is 733 g/mol. The maximum Gasteiger partial charge on any atom is 0.407 e. The lowest BCUT2D eigenvalue weighted by Crippen LogP contribution is -2.41. The van der Waals surface area contributed by atoms with Gasteiger partial charge >= 0.3 is 6.09 Å². The third-order valence-electron chi connectivity index (χ3n) is 10.1. The van der Waals surface area contributed by atoms with Crippen molar-refractivity contribution in [1.29, 1.82) is 0 Å². The molecule has 1 unspecified atom stereocenters. The van der Waals surface area contributed by atoms with Crippen molar-refractivity contribution < 1.29 is 29.3 Å². The topological polar surface area (TPSA) is 163 Å². The van der Waals surface area contributed by atoms with E-state index in [1.54, 1.807) is 25.4 Å². The zero-order valence-corrected chi connectivity index (χ0v) is 31.4. The van der Waals surface area contributed by atoms with Gasteiger partial charge in [0, 0.05) is 78.0 Å². The highest BCUT2D eigenvalue weighted by Gasteiger charge is 2.27. The molecular formula is C39H41Cl2N7O6. The molecule has 282 valence electrons. The average Bonchev–Trinajstić information content (AvgIpc) is 3.79. The lowest BCUT2D eigenvalue weighted by atomic mass is 9.93. The molecule has 0 radical (unpaired) electrons. The number of amides is 2. The largest absolute Gasteiger partial charge is 0.493 e. The highest BCUT2D eigenvalue weighted by atomic mass is 35.5. The number of ether oxygens (including phenoxy) is 2. The summed E-state index contributed by atoms with van der Waals surface area (Å²) in [7, 11) is 3.08. The van der Waals surface area contributed by atoms with Gasteiger partial charge in [0.25, 0.3) is 0 Å². The standard InChI is InChI=1S/C39H41Cl2N7O6/c1-53-32-16-23(19-47-21-26(45-37(32)47)17-43-24-7-10-27(49)11-8-24)36-35(41)29(14-15-42-36)28-4-3-5-30(34(28)40)31-12-6-22(38(46-31)54-2)18-48(39(51)52)20-25-9-13-33(50)44-25/h3-6,12,14-16,19,21,24-25,27,43,49H,7-11,13,17-18,20H2,1-2H3,(H,44,50)(H,51,52). The summed E-state index contributed by atoms with van der Waals surface area (Å²) in [6, 6.07) is 12.9. The molecule has 2 amide bonds. The molecule has 1 aromatic carbocycles. The third-order valence-corrected chi connectivity index (χ3v) is 10.9. The molecule has 4 aromatic heterocycles. The van der Waals surface area contributed by atoms with Crippen LogP contribution >= 0.6 is 23.2 Å². The van der Waals surface area contributed by atoms with E-state index >= 15 is 0 Å². The second-order valence-corrected chi connectivity index (χ2v) is 14.4. The summed E-state index contributed by atoms with van der Waals surface area (Å²) in [5.41, 5.74) is 5.86. The first-order valence-electron chi connectivity index (χ1n) is 17.8. The first kappa shape index (κ1) is 37.4. The van der Waals surface area contributed by atoms with Crippen LogP contribution in [0.4, 0.5) is 4.79 Å². The van der Waals surface area contributed by atoms with Crippen LogP contribution in [0.3, 0.4) is 0 Å². The van der Waals surface area contributed by atoms with Crippen molar-refractivity contribution in [2.45, 2.75) is 69.8 Å². The smallest absolute Gasteiger partial charge is 0.407 e. The van der Waals surface area contributed by atoms with E-state index < -0.39 is 6.09 Å². The quantitative estimate of drug-likeness (QED) is 0.109. The summed E-state index contributed by atoms with van der Waals surface area (Å²) >= 11 is 14.2. The fourth-order valence-electron chi connectivity index (χ4n) is 7.22. The predicted octanol–water partition coefficient (Wildman–Crippen LogP) is 6.60. The molecule has 54 heavy (non-hydrogen) atoms. The second kappa shape index (κ2) is 16.2. The lowest BCUT2D eigenvalue weighted by molar-refractivity contribution is -0.119. The molecule has 1 saturated carbocycles. The van der Waals surface area contributed by atoms with Crippen molar-refractivity contribution in [2.24, 2.45) is 0 Å². The maximum absolute atomic E-state index is 12.1. The summed E-state index contributed by atoms with van der Waals surface area (Å²) in [4.78, 5) is 39.2.